The summed E-state index contributed by atoms with van der Waals surface area (Å²) in [6.45, 7) is 0.0686. The molecule has 0 saturated heterocycles. The van der Waals surface area contributed by atoms with Gasteiger partial charge in [-0.25, -0.2) is 4.79 Å². The summed E-state index contributed by atoms with van der Waals surface area (Å²) in [5.41, 5.74) is 1.27. The Morgan fingerprint density at radius 1 is 1.15 bits per heavy atom. The predicted molar refractivity (Wildman–Crippen MR) is 99.3 cm³/mol. The minimum atomic E-state index is -1.09. The first-order valence-electron chi connectivity index (χ1n) is 8.05. The van der Waals surface area contributed by atoms with E-state index in [9.17, 15) is 14.7 Å². The molecule has 1 atom stereocenters. The maximum atomic E-state index is 12.1. The van der Waals surface area contributed by atoms with Crippen molar-refractivity contribution in [3.05, 3.63) is 58.6 Å². The molecule has 0 spiro atoms. The average molecular weight is 394 g/mol. The number of carboxylic acids is 1. The van der Waals surface area contributed by atoms with Gasteiger partial charge in [-0.2, -0.15) is 0 Å². The highest BCUT2D eigenvalue weighted by atomic mass is 35.5. The molecule has 0 aliphatic carbocycles. The highest BCUT2D eigenvalue weighted by Crippen LogP contribution is 2.38. The van der Waals surface area contributed by atoms with E-state index in [0.717, 1.165) is 5.56 Å². The maximum absolute atomic E-state index is 12.1. The Morgan fingerprint density at radius 2 is 1.85 bits per heavy atom. The van der Waals surface area contributed by atoms with E-state index >= 15 is 0 Å². The molecule has 0 aliphatic heterocycles. The van der Waals surface area contributed by atoms with Crippen LogP contribution >= 0.6 is 11.6 Å². The summed E-state index contributed by atoms with van der Waals surface area (Å²) >= 11 is 6.18. The topological polar surface area (TPSA) is 94.1 Å². The molecule has 144 valence electrons. The number of amides is 1. The van der Waals surface area contributed by atoms with Gasteiger partial charge in [0, 0.05) is 0 Å². The van der Waals surface area contributed by atoms with E-state index in [4.69, 9.17) is 25.8 Å². The number of benzene rings is 2. The van der Waals surface area contributed by atoms with Gasteiger partial charge in [-0.1, -0.05) is 41.9 Å². The van der Waals surface area contributed by atoms with Gasteiger partial charge in [-0.15, -0.1) is 0 Å². The lowest BCUT2D eigenvalue weighted by molar-refractivity contribution is -0.137. The largest absolute Gasteiger partial charge is 0.493 e. The van der Waals surface area contributed by atoms with Crippen molar-refractivity contribution in [1.29, 1.82) is 0 Å². The quantitative estimate of drug-likeness (QED) is 0.708. The number of nitrogens with one attached hydrogen (secondary N) is 1. The normalized spacial score (nSPS) is 11.4. The van der Waals surface area contributed by atoms with E-state index in [1.165, 1.54) is 20.3 Å². The summed E-state index contributed by atoms with van der Waals surface area (Å²) in [6, 6.07) is 11.4. The number of carboxylic acid groups (broad SMARTS) is 1. The van der Waals surface area contributed by atoms with E-state index in [1.807, 2.05) is 30.3 Å². The summed E-state index contributed by atoms with van der Waals surface area (Å²) in [7, 11) is 2.88. The van der Waals surface area contributed by atoms with Crippen LogP contribution in [0.1, 0.15) is 23.6 Å². The molecule has 0 fully saturated rings. The van der Waals surface area contributed by atoms with Crippen molar-refractivity contribution in [2.45, 2.75) is 19.1 Å². The minimum Gasteiger partial charge on any atom is -0.493 e. The maximum Gasteiger partial charge on any atom is 0.407 e. The van der Waals surface area contributed by atoms with E-state index in [0.29, 0.717) is 17.1 Å². The molecular weight excluding hydrogens is 374 g/mol. The number of methoxy groups -OCH3 is 2. The summed E-state index contributed by atoms with van der Waals surface area (Å²) in [6.07, 6.45) is -1.09. The number of ether oxygens (including phenoxy) is 3. The monoisotopic (exact) mass is 393 g/mol. The summed E-state index contributed by atoms with van der Waals surface area (Å²) in [4.78, 5) is 23.4. The Balaban J connectivity index is 2.16. The fourth-order valence-electron chi connectivity index (χ4n) is 2.47. The van der Waals surface area contributed by atoms with E-state index in [-0.39, 0.29) is 18.1 Å². The highest BCUT2D eigenvalue weighted by molar-refractivity contribution is 6.32. The summed E-state index contributed by atoms with van der Waals surface area (Å²) in [5, 5.41) is 12.0. The predicted octanol–water partition coefficient (Wildman–Crippen LogP) is 3.80. The van der Waals surface area contributed by atoms with Crippen LogP contribution in [0.2, 0.25) is 5.02 Å². The Kier molecular flexibility index (Phi) is 7.31. The van der Waals surface area contributed by atoms with Crippen LogP contribution in [0.5, 0.6) is 11.5 Å². The van der Waals surface area contributed by atoms with Crippen molar-refractivity contribution in [3.63, 3.8) is 0 Å². The lowest BCUT2D eigenvalue weighted by Gasteiger charge is -2.19. The summed E-state index contributed by atoms with van der Waals surface area (Å²) < 4.78 is 15.5. The zero-order chi connectivity index (χ0) is 19.8. The molecule has 7 nitrogen and oxygen atoms in total. The fraction of sp³-hybridized carbons (Fsp3) is 0.263. The van der Waals surface area contributed by atoms with E-state index in [2.05, 4.69) is 5.32 Å². The highest BCUT2D eigenvalue weighted by Gasteiger charge is 2.22. The molecule has 2 rings (SSSR count). The first-order chi connectivity index (χ1) is 12.9. The molecule has 0 aliphatic rings. The number of carbonyl (C=O) groups excluding carboxylic acids is 1. The van der Waals surface area contributed by atoms with E-state index < -0.39 is 18.1 Å². The average Bonchev–Trinajstić information content (AvgIpc) is 2.65. The molecule has 2 aromatic carbocycles. The minimum absolute atomic E-state index is 0.0686. The molecule has 0 saturated carbocycles. The van der Waals surface area contributed by atoms with Crippen LogP contribution in [-0.4, -0.2) is 31.4 Å². The number of hydrogen-bond acceptors (Lipinski definition) is 5. The van der Waals surface area contributed by atoms with Gasteiger partial charge in [-0.05, 0) is 23.3 Å². The van der Waals surface area contributed by atoms with Crippen LogP contribution in [0.4, 0.5) is 4.79 Å². The lowest BCUT2D eigenvalue weighted by atomic mass is 10.0. The van der Waals surface area contributed by atoms with Crippen molar-refractivity contribution in [2.24, 2.45) is 0 Å². The zero-order valence-corrected chi connectivity index (χ0v) is 15.7. The number of aliphatic carboxylic acids is 1. The third kappa shape index (κ3) is 5.79. The Hall–Kier alpha value is -2.93. The first kappa shape index (κ1) is 20.4. The zero-order valence-electron chi connectivity index (χ0n) is 14.9. The van der Waals surface area contributed by atoms with Gasteiger partial charge in [0.15, 0.2) is 11.5 Å². The number of hydrogen-bond donors (Lipinski definition) is 2. The number of rotatable bonds is 8. The van der Waals surface area contributed by atoms with Crippen LogP contribution in [-0.2, 0) is 16.1 Å². The SMILES string of the molecule is COc1cc([C@@H](CC(=O)O)NC(=O)OCc2ccccc2)cc(Cl)c1OC. The van der Waals surface area contributed by atoms with Crippen LogP contribution in [0.15, 0.2) is 42.5 Å². The van der Waals surface area contributed by atoms with Gasteiger partial charge >= 0.3 is 12.1 Å². The molecule has 2 aromatic rings. The number of carbonyl (C=O) groups is 2. The van der Waals surface area contributed by atoms with Gasteiger partial charge in [0.05, 0.1) is 31.7 Å². The van der Waals surface area contributed by atoms with Gasteiger partial charge in [0.1, 0.15) is 6.61 Å². The first-order valence-corrected chi connectivity index (χ1v) is 8.42. The van der Waals surface area contributed by atoms with Crippen molar-refractivity contribution >= 4 is 23.7 Å². The van der Waals surface area contributed by atoms with Crippen LogP contribution in [0.3, 0.4) is 0 Å². The Bertz CT molecular complexity index is 796. The fourth-order valence-corrected chi connectivity index (χ4v) is 2.77. The van der Waals surface area contributed by atoms with Crippen LogP contribution in [0, 0.1) is 0 Å². The molecule has 0 unspecified atom stereocenters. The summed E-state index contributed by atoms with van der Waals surface area (Å²) in [5.74, 6) is -0.437. The lowest BCUT2D eigenvalue weighted by Crippen LogP contribution is -2.30. The molecule has 0 bridgehead atoms. The van der Waals surface area contributed by atoms with Gasteiger partial charge in [0.2, 0.25) is 0 Å². The molecule has 0 radical (unpaired) electrons. The molecule has 8 heteroatoms. The molecule has 0 heterocycles. The van der Waals surface area contributed by atoms with E-state index in [1.54, 1.807) is 6.07 Å². The molecule has 0 aromatic heterocycles. The van der Waals surface area contributed by atoms with Crippen molar-refractivity contribution in [2.75, 3.05) is 14.2 Å². The second-order valence-electron chi connectivity index (χ2n) is 5.59. The second-order valence-corrected chi connectivity index (χ2v) is 6.00. The van der Waals surface area contributed by atoms with Gasteiger partial charge < -0.3 is 24.6 Å². The smallest absolute Gasteiger partial charge is 0.407 e. The van der Waals surface area contributed by atoms with Crippen molar-refractivity contribution in [1.82, 2.24) is 5.32 Å². The van der Waals surface area contributed by atoms with Crippen molar-refractivity contribution < 1.29 is 28.9 Å². The van der Waals surface area contributed by atoms with Crippen LogP contribution < -0.4 is 14.8 Å². The second kappa shape index (κ2) is 9.68. The number of alkyl carbamates (subject to hydrolysis) is 1. The molecule has 2 N–H and O–H groups in total. The van der Waals surface area contributed by atoms with Gasteiger partial charge in [0.25, 0.3) is 0 Å². The van der Waals surface area contributed by atoms with Gasteiger partial charge in [-0.3, -0.25) is 4.79 Å². The molecular formula is C19H20ClNO6. The number of halogens is 1. The van der Waals surface area contributed by atoms with Crippen molar-refractivity contribution in [3.8, 4) is 11.5 Å². The molecule has 1 amide bonds. The third-order valence-electron chi connectivity index (χ3n) is 3.74. The Morgan fingerprint density at radius 3 is 2.44 bits per heavy atom. The third-order valence-corrected chi connectivity index (χ3v) is 4.02. The Labute approximate surface area is 161 Å². The van der Waals surface area contributed by atoms with Crippen LogP contribution in [0.25, 0.3) is 0 Å². The standard InChI is InChI=1S/C19H20ClNO6/c1-25-16-9-13(8-14(20)18(16)26-2)15(10-17(22)23)21-19(24)27-11-12-6-4-3-5-7-12/h3-9,15H,10-11H2,1-2H3,(H,21,24)(H,22,23)/t15-/m1/s1. The molecule has 27 heavy (non-hydrogen) atoms.